The van der Waals surface area contributed by atoms with Gasteiger partial charge in [0.15, 0.2) is 0 Å². The quantitative estimate of drug-likeness (QED) is 0.870. The standard InChI is InChI=1S/C15H18N2/c1-10-3-6-15-14(7-10)12(8-11(2)17-15)9-16-13-4-5-13/h3,6-8,13,16H,4-5,9H2,1-2H3. The Balaban J connectivity index is 2.02. The summed E-state index contributed by atoms with van der Waals surface area (Å²) in [4.78, 5) is 4.59. The molecule has 0 atom stereocenters. The van der Waals surface area contributed by atoms with E-state index in [1.807, 2.05) is 0 Å². The summed E-state index contributed by atoms with van der Waals surface area (Å²) >= 11 is 0. The van der Waals surface area contributed by atoms with E-state index in [1.54, 1.807) is 0 Å². The summed E-state index contributed by atoms with van der Waals surface area (Å²) in [6, 6.07) is 9.46. The molecule has 0 spiro atoms. The van der Waals surface area contributed by atoms with Gasteiger partial charge in [-0.15, -0.1) is 0 Å². The highest BCUT2D eigenvalue weighted by Crippen LogP contribution is 2.23. The van der Waals surface area contributed by atoms with E-state index >= 15 is 0 Å². The minimum Gasteiger partial charge on any atom is -0.310 e. The van der Waals surface area contributed by atoms with Gasteiger partial charge in [0.2, 0.25) is 0 Å². The van der Waals surface area contributed by atoms with Gasteiger partial charge in [-0.2, -0.15) is 0 Å². The number of hydrogen-bond acceptors (Lipinski definition) is 2. The predicted molar refractivity (Wildman–Crippen MR) is 71.1 cm³/mol. The highest BCUT2D eigenvalue weighted by Gasteiger charge is 2.20. The van der Waals surface area contributed by atoms with E-state index in [0.717, 1.165) is 23.8 Å². The number of aromatic nitrogens is 1. The molecule has 0 unspecified atom stereocenters. The molecular formula is C15H18N2. The second-order valence-electron chi connectivity index (χ2n) is 5.10. The molecule has 2 aromatic rings. The van der Waals surface area contributed by atoms with Gasteiger partial charge < -0.3 is 5.32 Å². The lowest BCUT2D eigenvalue weighted by atomic mass is 10.1. The molecule has 2 nitrogen and oxygen atoms in total. The molecule has 2 heteroatoms. The zero-order valence-electron chi connectivity index (χ0n) is 10.5. The lowest BCUT2D eigenvalue weighted by molar-refractivity contribution is 0.690. The molecule has 1 aliphatic carbocycles. The largest absolute Gasteiger partial charge is 0.310 e. The van der Waals surface area contributed by atoms with Crippen LogP contribution in [0.5, 0.6) is 0 Å². The van der Waals surface area contributed by atoms with Gasteiger partial charge in [0.05, 0.1) is 5.52 Å². The van der Waals surface area contributed by atoms with E-state index in [9.17, 15) is 0 Å². The first-order valence-electron chi connectivity index (χ1n) is 6.32. The molecule has 0 bridgehead atoms. The van der Waals surface area contributed by atoms with Crippen molar-refractivity contribution < 1.29 is 0 Å². The second kappa shape index (κ2) is 4.11. The van der Waals surface area contributed by atoms with Gasteiger partial charge in [0.1, 0.15) is 0 Å². The molecule has 1 fully saturated rings. The Morgan fingerprint density at radius 3 is 2.82 bits per heavy atom. The van der Waals surface area contributed by atoms with Gasteiger partial charge in [-0.1, -0.05) is 11.6 Å². The van der Waals surface area contributed by atoms with Gasteiger partial charge >= 0.3 is 0 Å². The number of fused-ring (bicyclic) bond motifs is 1. The van der Waals surface area contributed by atoms with Gasteiger partial charge in [-0.05, 0) is 50.5 Å². The second-order valence-corrected chi connectivity index (χ2v) is 5.10. The third kappa shape index (κ3) is 2.32. The number of rotatable bonds is 3. The number of aryl methyl sites for hydroxylation is 2. The third-order valence-corrected chi connectivity index (χ3v) is 3.34. The van der Waals surface area contributed by atoms with E-state index < -0.39 is 0 Å². The maximum absolute atomic E-state index is 4.59. The van der Waals surface area contributed by atoms with Crippen molar-refractivity contribution in [3.8, 4) is 0 Å². The zero-order chi connectivity index (χ0) is 11.8. The average molecular weight is 226 g/mol. The first-order chi connectivity index (χ1) is 8.22. The first kappa shape index (κ1) is 10.7. The number of pyridine rings is 1. The van der Waals surface area contributed by atoms with Crippen LogP contribution in [-0.2, 0) is 6.54 Å². The Bertz CT molecular complexity index is 556. The van der Waals surface area contributed by atoms with Crippen LogP contribution in [0.2, 0.25) is 0 Å². The molecule has 1 aromatic heterocycles. The Kier molecular flexibility index (Phi) is 2.60. The summed E-state index contributed by atoms with van der Waals surface area (Å²) in [5, 5.41) is 4.88. The summed E-state index contributed by atoms with van der Waals surface area (Å²) in [7, 11) is 0. The van der Waals surface area contributed by atoms with Crippen molar-refractivity contribution >= 4 is 10.9 Å². The highest BCUT2D eigenvalue weighted by atomic mass is 14.9. The highest BCUT2D eigenvalue weighted by molar-refractivity contribution is 5.83. The molecule has 17 heavy (non-hydrogen) atoms. The number of nitrogens with one attached hydrogen (secondary N) is 1. The number of benzene rings is 1. The van der Waals surface area contributed by atoms with Crippen LogP contribution in [0.4, 0.5) is 0 Å². The van der Waals surface area contributed by atoms with Crippen molar-refractivity contribution in [1.82, 2.24) is 10.3 Å². The van der Waals surface area contributed by atoms with Crippen LogP contribution in [0.25, 0.3) is 10.9 Å². The fourth-order valence-electron chi connectivity index (χ4n) is 2.24. The fraction of sp³-hybridized carbons (Fsp3) is 0.400. The lowest BCUT2D eigenvalue weighted by Gasteiger charge is -2.09. The van der Waals surface area contributed by atoms with E-state index in [2.05, 4.69) is 48.4 Å². The van der Waals surface area contributed by atoms with E-state index in [1.165, 1.54) is 29.4 Å². The third-order valence-electron chi connectivity index (χ3n) is 3.34. The molecule has 0 aliphatic heterocycles. The minimum absolute atomic E-state index is 0.753. The average Bonchev–Trinajstić information content (AvgIpc) is 3.10. The van der Waals surface area contributed by atoms with Gasteiger partial charge in [0.25, 0.3) is 0 Å². The molecule has 1 aromatic carbocycles. The van der Waals surface area contributed by atoms with Crippen molar-refractivity contribution in [3.63, 3.8) is 0 Å². The van der Waals surface area contributed by atoms with Crippen molar-refractivity contribution in [1.29, 1.82) is 0 Å². The molecule has 88 valence electrons. The van der Waals surface area contributed by atoms with Crippen molar-refractivity contribution in [2.24, 2.45) is 0 Å². The van der Waals surface area contributed by atoms with E-state index in [-0.39, 0.29) is 0 Å². The molecule has 0 saturated heterocycles. The maximum atomic E-state index is 4.59. The van der Waals surface area contributed by atoms with Crippen LogP contribution in [-0.4, -0.2) is 11.0 Å². The van der Waals surface area contributed by atoms with Crippen LogP contribution >= 0.6 is 0 Å². The fourth-order valence-corrected chi connectivity index (χ4v) is 2.24. The Morgan fingerprint density at radius 2 is 2.06 bits per heavy atom. The van der Waals surface area contributed by atoms with Crippen molar-refractivity contribution in [2.75, 3.05) is 0 Å². The molecule has 1 heterocycles. The molecule has 1 saturated carbocycles. The SMILES string of the molecule is Cc1ccc2nc(C)cc(CNC3CC3)c2c1. The van der Waals surface area contributed by atoms with Crippen LogP contribution in [0, 0.1) is 13.8 Å². The van der Waals surface area contributed by atoms with Crippen LogP contribution in [0.15, 0.2) is 24.3 Å². The maximum Gasteiger partial charge on any atom is 0.0708 e. The van der Waals surface area contributed by atoms with Crippen LogP contribution in [0.1, 0.15) is 29.7 Å². The summed E-state index contributed by atoms with van der Waals surface area (Å²) in [6.07, 6.45) is 2.67. The lowest BCUT2D eigenvalue weighted by Crippen LogP contribution is -2.15. The topological polar surface area (TPSA) is 24.9 Å². The van der Waals surface area contributed by atoms with Crippen molar-refractivity contribution in [3.05, 3.63) is 41.1 Å². The van der Waals surface area contributed by atoms with E-state index in [0.29, 0.717) is 0 Å². The van der Waals surface area contributed by atoms with Crippen molar-refractivity contribution in [2.45, 2.75) is 39.3 Å². The van der Waals surface area contributed by atoms with Gasteiger partial charge in [-0.3, -0.25) is 4.98 Å². The Labute approximate surface area is 102 Å². The summed E-state index contributed by atoms with van der Waals surface area (Å²) in [5.41, 5.74) is 4.90. The summed E-state index contributed by atoms with van der Waals surface area (Å²) < 4.78 is 0. The van der Waals surface area contributed by atoms with E-state index in [4.69, 9.17) is 0 Å². The van der Waals surface area contributed by atoms with Crippen LogP contribution in [0.3, 0.4) is 0 Å². The predicted octanol–water partition coefficient (Wildman–Crippen LogP) is 3.10. The minimum atomic E-state index is 0.753. The monoisotopic (exact) mass is 226 g/mol. The Morgan fingerprint density at radius 1 is 1.24 bits per heavy atom. The summed E-state index contributed by atoms with van der Waals surface area (Å²) in [5.74, 6) is 0. The molecule has 0 amide bonds. The summed E-state index contributed by atoms with van der Waals surface area (Å²) in [6.45, 7) is 5.17. The zero-order valence-corrected chi connectivity index (χ0v) is 10.5. The van der Waals surface area contributed by atoms with Gasteiger partial charge in [0, 0.05) is 23.7 Å². The Hall–Kier alpha value is -1.41. The normalized spacial score (nSPS) is 15.4. The first-order valence-corrected chi connectivity index (χ1v) is 6.32. The molecule has 0 radical (unpaired) electrons. The number of hydrogen-bond donors (Lipinski definition) is 1. The molecule has 3 rings (SSSR count). The molecule has 1 aliphatic rings. The van der Waals surface area contributed by atoms with Gasteiger partial charge in [-0.25, -0.2) is 0 Å². The van der Waals surface area contributed by atoms with Crippen LogP contribution < -0.4 is 5.32 Å². The number of nitrogens with zero attached hydrogens (tertiary/aromatic N) is 1. The smallest absolute Gasteiger partial charge is 0.0708 e. The molecule has 1 N–H and O–H groups in total. The molecular weight excluding hydrogens is 208 g/mol.